The molecule has 15 heteroatoms. The number of thiophene rings is 1. The second-order valence-corrected chi connectivity index (χ2v) is 8.49. The zero-order valence-corrected chi connectivity index (χ0v) is 19.9. The second-order valence-electron chi connectivity index (χ2n) is 7.61. The van der Waals surface area contributed by atoms with Crippen LogP contribution in [0.3, 0.4) is 0 Å². The van der Waals surface area contributed by atoms with Crippen LogP contribution in [-0.2, 0) is 6.61 Å². The van der Waals surface area contributed by atoms with Gasteiger partial charge in [0, 0.05) is 11.4 Å². The van der Waals surface area contributed by atoms with E-state index in [0.29, 0.717) is 15.9 Å². The van der Waals surface area contributed by atoms with E-state index in [1.54, 1.807) is 0 Å². The molecular formula is C23H17F3N4O7S. The molecule has 4 rings (SSSR count). The van der Waals surface area contributed by atoms with Crippen LogP contribution in [0.1, 0.15) is 15.2 Å². The zero-order chi connectivity index (χ0) is 27.6. The van der Waals surface area contributed by atoms with E-state index in [-0.39, 0.29) is 46.0 Å². The van der Waals surface area contributed by atoms with Crippen LogP contribution >= 0.6 is 11.3 Å². The van der Waals surface area contributed by atoms with Gasteiger partial charge >= 0.3 is 17.7 Å². The van der Waals surface area contributed by atoms with E-state index in [0.717, 1.165) is 30.3 Å². The van der Waals surface area contributed by atoms with Crippen molar-refractivity contribution in [3.05, 3.63) is 84.4 Å². The van der Waals surface area contributed by atoms with Crippen molar-refractivity contribution in [1.82, 2.24) is 14.9 Å². The topological polar surface area (TPSA) is 166 Å². The third-order valence-electron chi connectivity index (χ3n) is 5.20. The van der Waals surface area contributed by atoms with Gasteiger partial charge in [0.2, 0.25) is 0 Å². The summed E-state index contributed by atoms with van der Waals surface area (Å²) in [5, 5.41) is 12.6. The van der Waals surface area contributed by atoms with Crippen molar-refractivity contribution in [2.75, 3.05) is 13.2 Å². The Kier molecular flexibility index (Phi) is 7.38. The number of benzene rings is 2. The van der Waals surface area contributed by atoms with Crippen molar-refractivity contribution in [2.24, 2.45) is 5.73 Å². The lowest BCUT2D eigenvalue weighted by molar-refractivity contribution is 0.0704. The Morgan fingerprint density at radius 3 is 2.55 bits per heavy atom. The Morgan fingerprint density at radius 2 is 1.84 bits per heavy atom. The predicted octanol–water partition coefficient (Wildman–Crippen LogP) is 2.48. The summed E-state index contributed by atoms with van der Waals surface area (Å²) >= 11 is 0.717. The molecule has 2 aromatic heterocycles. The van der Waals surface area contributed by atoms with Crippen molar-refractivity contribution >= 4 is 34.2 Å². The summed E-state index contributed by atoms with van der Waals surface area (Å²) in [6, 6.07) is 4.15. The number of carboxylic acid groups (broad SMARTS) is 1. The minimum absolute atomic E-state index is 0.0166. The first-order chi connectivity index (χ1) is 18.1. The molecule has 2 heterocycles. The summed E-state index contributed by atoms with van der Waals surface area (Å²) in [6.45, 7) is -0.751. The molecule has 4 aromatic rings. The van der Waals surface area contributed by atoms with Gasteiger partial charge in [0.05, 0.1) is 28.7 Å². The van der Waals surface area contributed by atoms with E-state index < -0.39 is 53.0 Å². The summed E-state index contributed by atoms with van der Waals surface area (Å²) in [4.78, 5) is 49.8. The number of halogens is 3. The normalized spacial score (nSPS) is 10.9. The molecule has 2 amide bonds. The molecule has 5 N–H and O–H groups in total. The molecule has 0 unspecified atom stereocenters. The summed E-state index contributed by atoms with van der Waals surface area (Å²) in [7, 11) is 0. The molecule has 198 valence electrons. The van der Waals surface area contributed by atoms with Crippen LogP contribution in [-0.4, -0.2) is 39.8 Å². The number of aromatic carboxylic acids is 1. The maximum Gasteiger partial charge on any atom is 0.346 e. The van der Waals surface area contributed by atoms with Gasteiger partial charge in [0.1, 0.15) is 35.4 Å². The zero-order valence-electron chi connectivity index (χ0n) is 19.0. The summed E-state index contributed by atoms with van der Waals surface area (Å²) in [6.07, 6.45) is 0. The number of urea groups is 1. The van der Waals surface area contributed by atoms with Crippen molar-refractivity contribution in [3.63, 3.8) is 0 Å². The number of nitrogens with one attached hydrogen (secondary N) is 2. The number of hydrogen-bond donors (Lipinski definition) is 4. The third-order valence-corrected chi connectivity index (χ3v) is 6.17. The summed E-state index contributed by atoms with van der Waals surface area (Å²) in [5.41, 5.74) is 1.92. The van der Waals surface area contributed by atoms with Crippen molar-refractivity contribution in [1.29, 1.82) is 0 Å². The number of hydrogen-bond acceptors (Lipinski definition) is 7. The van der Waals surface area contributed by atoms with E-state index in [9.17, 15) is 37.5 Å². The lowest BCUT2D eigenvalue weighted by Crippen LogP contribution is -2.34. The monoisotopic (exact) mass is 550 g/mol. The SMILES string of the molecule is NC(=O)NCCOc1ccc(F)c(F)c1COc1ccc(F)c(-n2c(=O)[nH]c3csc(C(=O)O)c3c2=O)c1. The van der Waals surface area contributed by atoms with Gasteiger partial charge in [-0.1, -0.05) is 0 Å². The number of nitrogens with two attached hydrogens (primary N) is 1. The van der Waals surface area contributed by atoms with Crippen LogP contribution in [0.5, 0.6) is 11.5 Å². The maximum atomic E-state index is 14.7. The standard InChI is InChI=1S/C23H17F3N4O7S/c24-12-2-1-10(37-8-11-16(4-3-13(25)18(11)26)36-6-5-28-22(27)34)7-15(12)30-20(31)17-14(29-23(30)35)9-38-19(17)21(32)33/h1-4,7,9H,5-6,8H2,(H,29,35)(H,32,33)(H3,27,28,34). The first-order valence-electron chi connectivity index (χ1n) is 10.6. The van der Waals surface area contributed by atoms with Gasteiger partial charge in [0.15, 0.2) is 11.6 Å². The number of H-pyrrole nitrogens is 1. The Bertz CT molecular complexity index is 1680. The average Bonchev–Trinajstić information content (AvgIpc) is 3.29. The number of rotatable bonds is 9. The average molecular weight is 550 g/mol. The van der Waals surface area contributed by atoms with Crippen molar-refractivity contribution < 1.29 is 37.3 Å². The number of carbonyl (C=O) groups is 2. The molecule has 0 fully saturated rings. The number of nitrogens with zero attached hydrogens (tertiary/aromatic N) is 1. The van der Waals surface area contributed by atoms with Gasteiger partial charge < -0.3 is 30.6 Å². The van der Waals surface area contributed by atoms with Crippen LogP contribution in [0, 0.1) is 17.5 Å². The van der Waals surface area contributed by atoms with Gasteiger partial charge in [-0.3, -0.25) is 4.79 Å². The molecule has 38 heavy (non-hydrogen) atoms. The van der Waals surface area contributed by atoms with Crippen LogP contribution < -0.4 is 31.8 Å². The second kappa shape index (κ2) is 10.7. The lowest BCUT2D eigenvalue weighted by atomic mass is 10.2. The van der Waals surface area contributed by atoms with Gasteiger partial charge in [0.25, 0.3) is 5.56 Å². The highest BCUT2D eigenvalue weighted by Gasteiger charge is 2.21. The van der Waals surface area contributed by atoms with E-state index in [1.165, 1.54) is 5.38 Å². The third kappa shape index (κ3) is 5.17. The Morgan fingerprint density at radius 1 is 1.11 bits per heavy atom. The van der Waals surface area contributed by atoms with E-state index in [4.69, 9.17) is 15.2 Å². The van der Waals surface area contributed by atoms with Gasteiger partial charge in [-0.2, -0.15) is 0 Å². The molecule has 11 nitrogen and oxygen atoms in total. The fraction of sp³-hybridized carbons (Fsp3) is 0.130. The van der Waals surface area contributed by atoms with E-state index in [2.05, 4.69) is 10.3 Å². The fourth-order valence-electron chi connectivity index (χ4n) is 3.50. The lowest BCUT2D eigenvalue weighted by Gasteiger charge is -2.15. The Hall–Kier alpha value is -4.79. The van der Waals surface area contributed by atoms with Gasteiger partial charge in [-0.25, -0.2) is 32.1 Å². The molecule has 0 saturated carbocycles. The first kappa shape index (κ1) is 26.3. The van der Waals surface area contributed by atoms with Crippen molar-refractivity contribution in [2.45, 2.75) is 6.61 Å². The smallest absolute Gasteiger partial charge is 0.346 e. The van der Waals surface area contributed by atoms with Crippen molar-refractivity contribution in [3.8, 4) is 17.2 Å². The molecule has 0 radical (unpaired) electrons. The first-order valence-corrected chi connectivity index (χ1v) is 11.5. The Labute approximate surface area is 213 Å². The highest BCUT2D eigenvalue weighted by Crippen LogP contribution is 2.27. The number of carbonyl (C=O) groups excluding carboxylic acids is 1. The fourth-order valence-corrected chi connectivity index (χ4v) is 4.33. The number of ether oxygens (including phenoxy) is 2. The highest BCUT2D eigenvalue weighted by molar-refractivity contribution is 7.13. The molecular weight excluding hydrogens is 533 g/mol. The molecule has 0 aliphatic rings. The number of fused-ring (bicyclic) bond motifs is 1. The van der Waals surface area contributed by atoms with Gasteiger partial charge in [-0.05, 0) is 24.3 Å². The van der Waals surface area contributed by atoms with E-state index >= 15 is 0 Å². The minimum atomic E-state index is -1.40. The number of amides is 2. The molecule has 0 spiro atoms. The van der Waals surface area contributed by atoms with Crippen LogP contribution in [0.25, 0.3) is 16.6 Å². The van der Waals surface area contributed by atoms with Crippen LogP contribution in [0.15, 0.2) is 45.3 Å². The maximum absolute atomic E-state index is 14.7. The molecule has 0 atom stereocenters. The van der Waals surface area contributed by atoms with Crippen LogP contribution in [0.2, 0.25) is 0 Å². The summed E-state index contributed by atoms with van der Waals surface area (Å²) in [5.74, 6) is -5.12. The predicted molar refractivity (Wildman–Crippen MR) is 129 cm³/mol. The quantitative estimate of drug-likeness (QED) is 0.232. The summed E-state index contributed by atoms with van der Waals surface area (Å²) < 4.78 is 54.4. The molecule has 0 aliphatic carbocycles. The van der Waals surface area contributed by atoms with Crippen LogP contribution in [0.4, 0.5) is 18.0 Å². The number of aromatic nitrogens is 2. The number of aromatic amines is 1. The molecule has 0 aliphatic heterocycles. The van der Waals surface area contributed by atoms with Gasteiger partial charge in [-0.15, -0.1) is 11.3 Å². The molecule has 2 aromatic carbocycles. The largest absolute Gasteiger partial charge is 0.491 e. The molecule has 0 bridgehead atoms. The highest BCUT2D eigenvalue weighted by atomic mass is 32.1. The molecule has 0 saturated heterocycles. The Balaban J connectivity index is 1.66. The van der Waals surface area contributed by atoms with E-state index in [1.807, 2.05) is 0 Å². The number of carboxylic acids is 1. The number of primary amides is 1. The minimum Gasteiger partial charge on any atom is -0.491 e.